The third kappa shape index (κ3) is 5.21. The summed E-state index contributed by atoms with van der Waals surface area (Å²) in [5.74, 6) is 0. The second kappa shape index (κ2) is 6.21. The molecule has 0 aromatic rings. The number of rotatable bonds is 3. The van der Waals surface area contributed by atoms with Crippen LogP contribution in [0.1, 0.15) is 13.3 Å². The molecule has 0 rings (SSSR count). The topological polar surface area (TPSA) is 21.6 Å². The van der Waals surface area contributed by atoms with Gasteiger partial charge in [-0.05, 0) is 12.5 Å². The Balaban J connectivity index is 3.13. The van der Waals surface area contributed by atoms with Crippen molar-refractivity contribution in [3.8, 4) is 0 Å². The maximum absolute atomic E-state index is 4.41. The van der Waals surface area contributed by atoms with Crippen LogP contribution in [0.2, 0.25) is 0 Å². The predicted molar refractivity (Wildman–Crippen MR) is 34.9 cm³/mol. The number of nitrogens with zero attached hydrogens (tertiary/aromatic N) is 1. The minimum atomic E-state index is 1.04. The van der Waals surface area contributed by atoms with E-state index in [0.717, 1.165) is 6.42 Å². The number of oxime groups is 1. The Morgan fingerprint density at radius 3 is 2.88 bits per heavy atom. The molecule has 0 aromatic carbocycles. The van der Waals surface area contributed by atoms with Crippen molar-refractivity contribution < 1.29 is 4.84 Å². The van der Waals surface area contributed by atoms with Crippen molar-refractivity contribution in [2.75, 3.05) is 7.11 Å². The Morgan fingerprint density at radius 2 is 2.38 bits per heavy atom. The van der Waals surface area contributed by atoms with Crippen LogP contribution in [0.4, 0.5) is 0 Å². The maximum Gasteiger partial charge on any atom is 0.106 e. The average molecular weight is 113 g/mol. The fourth-order valence-electron chi connectivity index (χ4n) is 0.293. The summed E-state index contributed by atoms with van der Waals surface area (Å²) in [6.07, 6.45) is 6.51. The lowest BCUT2D eigenvalue weighted by Gasteiger charge is -1.78. The lowest BCUT2D eigenvalue weighted by atomic mass is 10.4. The highest BCUT2D eigenvalue weighted by atomic mass is 16.6. The molecule has 0 aliphatic rings. The number of allylic oxidation sites excluding steroid dienone is 2. The number of hydrogen-bond acceptors (Lipinski definition) is 2. The summed E-state index contributed by atoms with van der Waals surface area (Å²) in [5.41, 5.74) is 0. The summed E-state index contributed by atoms with van der Waals surface area (Å²) in [4.78, 5) is 4.41. The molecule has 0 fully saturated rings. The summed E-state index contributed by atoms with van der Waals surface area (Å²) in [7, 11) is 1.52. The SMILES string of the molecule is CC/C=C/C=N/OC. The van der Waals surface area contributed by atoms with Gasteiger partial charge in [0.15, 0.2) is 0 Å². The van der Waals surface area contributed by atoms with Crippen LogP contribution >= 0.6 is 0 Å². The van der Waals surface area contributed by atoms with Crippen LogP contribution in [0, 0.1) is 0 Å². The van der Waals surface area contributed by atoms with E-state index in [4.69, 9.17) is 0 Å². The van der Waals surface area contributed by atoms with Gasteiger partial charge in [-0.25, -0.2) is 0 Å². The van der Waals surface area contributed by atoms with Crippen molar-refractivity contribution in [2.45, 2.75) is 13.3 Å². The van der Waals surface area contributed by atoms with Crippen LogP contribution in [0.15, 0.2) is 17.3 Å². The van der Waals surface area contributed by atoms with Gasteiger partial charge in [0.2, 0.25) is 0 Å². The van der Waals surface area contributed by atoms with Gasteiger partial charge >= 0.3 is 0 Å². The highest BCUT2D eigenvalue weighted by Crippen LogP contribution is 1.75. The summed E-state index contributed by atoms with van der Waals surface area (Å²) in [5, 5.41) is 3.50. The van der Waals surface area contributed by atoms with E-state index >= 15 is 0 Å². The van der Waals surface area contributed by atoms with Crippen LogP contribution in [0.25, 0.3) is 0 Å². The molecular formula is C6H11NO. The molecule has 46 valence electrons. The summed E-state index contributed by atoms with van der Waals surface area (Å²) in [6, 6.07) is 0. The molecule has 0 atom stereocenters. The zero-order valence-electron chi connectivity index (χ0n) is 5.29. The Bertz CT molecular complexity index is 74.5. The van der Waals surface area contributed by atoms with E-state index in [1.165, 1.54) is 7.11 Å². The molecule has 0 aliphatic carbocycles. The van der Waals surface area contributed by atoms with E-state index in [9.17, 15) is 0 Å². The Hall–Kier alpha value is -0.790. The van der Waals surface area contributed by atoms with Gasteiger partial charge in [0.25, 0.3) is 0 Å². The van der Waals surface area contributed by atoms with Crippen molar-refractivity contribution in [3.05, 3.63) is 12.2 Å². The van der Waals surface area contributed by atoms with Crippen molar-refractivity contribution in [3.63, 3.8) is 0 Å². The van der Waals surface area contributed by atoms with Crippen molar-refractivity contribution in [1.82, 2.24) is 0 Å². The summed E-state index contributed by atoms with van der Waals surface area (Å²) < 4.78 is 0. The fraction of sp³-hybridized carbons (Fsp3) is 0.500. The van der Waals surface area contributed by atoms with Crippen LogP contribution in [0.5, 0.6) is 0 Å². The van der Waals surface area contributed by atoms with Crippen LogP contribution in [-0.4, -0.2) is 13.3 Å². The van der Waals surface area contributed by atoms with Crippen molar-refractivity contribution in [2.24, 2.45) is 5.16 Å². The van der Waals surface area contributed by atoms with Crippen molar-refractivity contribution in [1.29, 1.82) is 0 Å². The molecule has 0 aliphatic heterocycles. The molecule has 0 bridgehead atoms. The Kier molecular flexibility index (Phi) is 5.60. The zero-order chi connectivity index (χ0) is 6.24. The first-order chi connectivity index (χ1) is 3.91. The molecule has 2 nitrogen and oxygen atoms in total. The van der Waals surface area contributed by atoms with Crippen molar-refractivity contribution >= 4 is 6.21 Å². The van der Waals surface area contributed by atoms with Gasteiger partial charge in [-0.15, -0.1) is 0 Å². The third-order valence-electron chi connectivity index (χ3n) is 0.624. The largest absolute Gasteiger partial charge is 0.399 e. The van der Waals surface area contributed by atoms with E-state index in [0.29, 0.717) is 0 Å². The van der Waals surface area contributed by atoms with Gasteiger partial charge in [0.1, 0.15) is 7.11 Å². The summed E-state index contributed by atoms with van der Waals surface area (Å²) in [6.45, 7) is 2.07. The van der Waals surface area contributed by atoms with E-state index < -0.39 is 0 Å². The van der Waals surface area contributed by atoms with Gasteiger partial charge in [-0.2, -0.15) is 0 Å². The normalized spacial score (nSPS) is 11.2. The maximum atomic E-state index is 4.41. The lowest BCUT2D eigenvalue weighted by molar-refractivity contribution is 0.215. The van der Waals surface area contributed by atoms with E-state index in [1.54, 1.807) is 6.21 Å². The first-order valence-electron chi connectivity index (χ1n) is 2.63. The summed E-state index contributed by atoms with van der Waals surface area (Å²) >= 11 is 0. The molecule has 8 heavy (non-hydrogen) atoms. The molecule has 0 saturated carbocycles. The third-order valence-corrected chi connectivity index (χ3v) is 0.624. The molecule has 0 radical (unpaired) electrons. The highest BCUT2D eigenvalue weighted by Gasteiger charge is 1.61. The van der Waals surface area contributed by atoms with Gasteiger partial charge in [-0.3, -0.25) is 0 Å². The van der Waals surface area contributed by atoms with Gasteiger partial charge in [0, 0.05) is 0 Å². The molecule has 0 unspecified atom stereocenters. The molecule has 2 heteroatoms. The fourth-order valence-corrected chi connectivity index (χ4v) is 0.293. The highest BCUT2D eigenvalue weighted by molar-refractivity contribution is 5.70. The molecule has 0 spiro atoms. The first-order valence-corrected chi connectivity index (χ1v) is 2.63. The van der Waals surface area contributed by atoms with Gasteiger partial charge in [-0.1, -0.05) is 18.2 Å². The average Bonchev–Trinajstić information content (AvgIpc) is 1.81. The minimum Gasteiger partial charge on any atom is -0.399 e. The standard InChI is InChI=1S/C6H11NO/c1-3-4-5-6-7-8-2/h4-6H,3H2,1-2H3/b5-4+,7-6+. The monoisotopic (exact) mass is 113 g/mol. The van der Waals surface area contributed by atoms with E-state index in [2.05, 4.69) is 16.9 Å². The minimum absolute atomic E-state index is 1.04. The second-order valence-corrected chi connectivity index (χ2v) is 1.27. The van der Waals surface area contributed by atoms with Crippen LogP contribution in [-0.2, 0) is 4.84 Å². The molecule has 0 N–H and O–H groups in total. The quantitative estimate of drug-likeness (QED) is 0.402. The predicted octanol–water partition coefficient (Wildman–Crippen LogP) is 1.58. The van der Waals surface area contributed by atoms with Crippen LogP contribution < -0.4 is 0 Å². The van der Waals surface area contributed by atoms with Gasteiger partial charge < -0.3 is 4.84 Å². The molecule has 0 heterocycles. The first kappa shape index (κ1) is 7.21. The lowest BCUT2D eigenvalue weighted by Crippen LogP contribution is -1.67. The Labute approximate surface area is 49.8 Å². The molecule has 0 saturated heterocycles. The zero-order valence-corrected chi connectivity index (χ0v) is 5.29. The number of hydrogen-bond donors (Lipinski definition) is 0. The molecular weight excluding hydrogens is 102 g/mol. The second-order valence-electron chi connectivity index (χ2n) is 1.27. The van der Waals surface area contributed by atoms with E-state index in [1.807, 2.05) is 12.2 Å². The molecule has 0 aromatic heterocycles. The smallest absolute Gasteiger partial charge is 0.106 e. The van der Waals surface area contributed by atoms with Gasteiger partial charge in [0.05, 0.1) is 6.21 Å². The Morgan fingerprint density at radius 1 is 1.62 bits per heavy atom. The molecule has 0 amide bonds. The van der Waals surface area contributed by atoms with E-state index in [-0.39, 0.29) is 0 Å². The van der Waals surface area contributed by atoms with Crippen LogP contribution in [0.3, 0.4) is 0 Å².